The molecule has 0 spiro atoms. The smallest absolute Gasteiger partial charge is 0.235 e. The molecule has 6 heteroatoms. The molecule has 0 radical (unpaired) electrons. The molecule has 0 aliphatic carbocycles. The maximum atomic E-state index is 11.5. The first-order chi connectivity index (χ1) is 6.83. The molecule has 0 unspecified atom stereocenters. The highest BCUT2D eigenvalue weighted by Crippen LogP contribution is 2.13. The molecule has 0 atom stereocenters. The maximum Gasteiger partial charge on any atom is 0.235 e. The molecule has 1 heterocycles. The monoisotopic (exact) mass is 231 g/mol. The van der Waals surface area contributed by atoms with Gasteiger partial charge in [-0.05, 0) is 27.7 Å². The van der Waals surface area contributed by atoms with Crippen molar-refractivity contribution in [3.8, 4) is 0 Å². The van der Waals surface area contributed by atoms with Crippen molar-refractivity contribution in [3.63, 3.8) is 0 Å². The van der Waals surface area contributed by atoms with Crippen LogP contribution in [0.25, 0.3) is 0 Å². The van der Waals surface area contributed by atoms with Crippen molar-refractivity contribution in [1.29, 1.82) is 0 Å². The van der Waals surface area contributed by atoms with E-state index in [-0.39, 0.29) is 6.04 Å². The lowest BCUT2D eigenvalue weighted by Gasteiger charge is -2.08. The second kappa shape index (κ2) is 4.22. The van der Waals surface area contributed by atoms with E-state index in [4.69, 9.17) is 0 Å². The van der Waals surface area contributed by atoms with E-state index in [0.717, 1.165) is 0 Å². The van der Waals surface area contributed by atoms with E-state index in [2.05, 4.69) is 9.82 Å². The van der Waals surface area contributed by atoms with Gasteiger partial charge in [0.25, 0.3) is 0 Å². The average molecular weight is 231 g/mol. The molecule has 0 aliphatic heterocycles. The number of nitrogens with zero attached hydrogens (tertiary/aromatic N) is 2. The lowest BCUT2D eigenvalue weighted by Crippen LogP contribution is -2.22. The third kappa shape index (κ3) is 2.95. The van der Waals surface area contributed by atoms with Crippen LogP contribution in [0.5, 0.6) is 0 Å². The van der Waals surface area contributed by atoms with Crippen LogP contribution in [0.4, 0.5) is 5.69 Å². The Bertz CT molecular complexity index is 420. The summed E-state index contributed by atoms with van der Waals surface area (Å²) in [5.74, 6) is 0. The molecular formula is C9H17N3O2S. The van der Waals surface area contributed by atoms with Crippen LogP contribution in [0.15, 0.2) is 12.4 Å². The third-order valence-corrected chi connectivity index (χ3v) is 3.77. The number of nitrogens with one attached hydrogen (secondary N) is 1. The highest BCUT2D eigenvalue weighted by atomic mass is 32.2. The topological polar surface area (TPSA) is 64.0 Å². The molecule has 0 bridgehead atoms. The number of anilines is 1. The molecule has 5 nitrogen and oxygen atoms in total. The molecule has 1 N–H and O–H groups in total. The van der Waals surface area contributed by atoms with E-state index in [1.165, 1.54) is 6.20 Å². The van der Waals surface area contributed by atoms with Crippen LogP contribution in [-0.4, -0.2) is 23.4 Å². The van der Waals surface area contributed by atoms with Gasteiger partial charge < -0.3 is 0 Å². The van der Waals surface area contributed by atoms with Gasteiger partial charge in [0, 0.05) is 12.2 Å². The van der Waals surface area contributed by atoms with Crippen molar-refractivity contribution in [2.75, 3.05) is 4.72 Å². The van der Waals surface area contributed by atoms with E-state index >= 15 is 0 Å². The third-order valence-electron chi connectivity index (χ3n) is 2.01. The minimum atomic E-state index is -3.27. The zero-order valence-electron chi connectivity index (χ0n) is 9.43. The Morgan fingerprint density at radius 1 is 1.33 bits per heavy atom. The van der Waals surface area contributed by atoms with Gasteiger partial charge in [0.15, 0.2) is 0 Å². The molecule has 1 rings (SSSR count). The predicted octanol–water partition coefficient (Wildman–Crippen LogP) is 1.61. The SMILES string of the molecule is CC(C)n1cc(NS(=O)(=O)C(C)C)cn1. The van der Waals surface area contributed by atoms with Crippen LogP contribution in [0.3, 0.4) is 0 Å². The maximum absolute atomic E-state index is 11.5. The van der Waals surface area contributed by atoms with Gasteiger partial charge >= 0.3 is 0 Å². The molecular weight excluding hydrogens is 214 g/mol. The van der Waals surface area contributed by atoms with E-state index in [0.29, 0.717) is 5.69 Å². The minimum Gasteiger partial charge on any atom is -0.280 e. The quantitative estimate of drug-likeness (QED) is 0.856. The molecule has 1 aromatic rings. The Balaban J connectivity index is 2.82. The van der Waals surface area contributed by atoms with Crippen molar-refractivity contribution in [1.82, 2.24) is 9.78 Å². The van der Waals surface area contributed by atoms with Crippen molar-refractivity contribution >= 4 is 15.7 Å². The van der Waals surface area contributed by atoms with E-state index < -0.39 is 15.3 Å². The molecule has 0 saturated carbocycles. The first-order valence-electron chi connectivity index (χ1n) is 4.88. The molecule has 0 saturated heterocycles. The van der Waals surface area contributed by atoms with Crippen molar-refractivity contribution in [3.05, 3.63) is 12.4 Å². The minimum absolute atomic E-state index is 0.224. The highest BCUT2D eigenvalue weighted by Gasteiger charge is 2.16. The fourth-order valence-electron chi connectivity index (χ4n) is 0.955. The summed E-state index contributed by atoms with van der Waals surface area (Å²) < 4.78 is 27.2. The fraction of sp³-hybridized carbons (Fsp3) is 0.667. The van der Waals surface area contributed by atoms with Gasteiger partial charge in [-0.1, -0.05) is 0 Å². The van der Waals surface area contributed by atoms with Crippen LogP contribution in [0.1, 0.15) is 33.7 Å². The molecule has 0 fully saturated rings. The summed E-state index contributed by atoms with van der Waals surface area (Å²) in [5, 5.41) is 3.60. The van der Waals surface area contributed by atoms with E-state index in [1.54, 1.807) is 24.7 Å². The number of hydrogen-bond donors (Lipinski definition) is 1. The average Bonchev–Trinajstić information content (AvgIpc) is 2.51. The van der Waals surface area contributed by atoms with Crippen molar-refractivity contribution in [2.45, 2.75) is 39.0 Å². The van der Waals surface area contributed by atoms with Gasteiger partial charge in [0.2, 0.25) is 10.0 Å². The molecule has 1 aromatic heterocycles. The lowest BCUT2D eigenvalue weighted by molar-refractivity contribution is 0.532. The van der Waals surface area contributed by atoms with Gasteiger partial charge in [0.1, 0.15) is 0 Å². The zero-order chi connectivity index (χ0) is 11.6. The number of hydrogen-bond acceptors (Lipinski definition) is 3. The van der Waals surface area contributed by atoms with E-state index in [1.807, 2.05) is 13.8 Å². The Morgan fingerprint density at radius 3 is 2.33 bits per heavy atom. The van der Waals surface area contributed by atoms with Crippen LogP contribution in [-0.2, 0) is 10.0 Å². The lowest BCUT2D eigenvalue weighted by atomic mass is 10.4. The van der Waals surface area contributed by atoms with Gasteiger partial charge in [-0.3, -0.25) is 9.40 Å². The van der Waals surface area contributed by atoms with Gasteiger partial charge in [0.05, 0.1) is 17.1 Å². The van der Waals surface area contributed by atoms with Gasteiger partial charge in [-0.15, -0.1) is 0 Å². The molecule has 15 heavy (non-hydrogen) atoms. The molecule has 0 aliphatic rings. The Hall–Kier alpha value is -1.04. The summed E-state index contributed by atoms with van der Waals surface area (Å²) in [4.78, 5) is 0. The summed E-state index contributed by atoms with van der Waals surface area (Å²) in [6.45, 7) is 7.23. The first-order valence-corrected chi connectivity index (χ1v) is 6.43. The summed E-state index contributed by atoms with van der Waals surface area (Å²) in [7, 11) is -3.27. The van der Waals surface area contributed by atoms with Crippen LogP contribution >= 0.6 is 0 Å². The number of sulfonamides is 1. The van der Waals surface area contributed by atoms with Gasteiger partial charge in [-0.25, -0.2) is 8.42 Å². The summed E-state index contributed by atoms with van der Waals surface area (Å²) in [6.07, 6.45) is 3.20. The number of rotatable bonds is 4. The largest absolute Gasteiger partial charge is 0.280 e. The zero-order valence-corrected chi connectivity index (χ0v) is 10.2. The predicted molar refractivity (Wildman–Crippen MR) is 60.3 cm³/mol. The Labute approximate surface area is 90.5 Å². The molecule has 86 valence electrons. The van der Waals surface area contributed by atoms with Gasteiger partial charge in [-0.2, -0.15) is 5.10 Å². The number of aromatic nitrogens is 2. The van der Waals surface area contributed by atoms with Crippen LogP contribution in [0.2, 0.25) is 0 Å². The first kappa shape index (κ1) is 12.0. The standard InChI is InChI=1S/C9H17N3O2S/c1-7(2)12-6-9(5-10-12)11-15(13,14)8(3)4/h5-8,11H,1-4H3. The summed E-state index contributed by atoms with van der Waals surface area (Å²) in [6, 6.07) is 0.224. The van der Waals surface area contributed by atoms with Crippen LogP contribution < -0.4 is 4.72 Å². The normalized spacial score (nSPS) is 12.4. The Kier molecular flexibility index (Phi) is 3.38. The molecule has 0 amide bonds. The van der Waals surface area contributed by atoms with Crippen molar-refractivity contribution in [2.24, 2.45) is 0 Å². The summed E-state index contributed by atoms with van der Waals surface area (Å²) in [5.41, 5.74) is 0.511. The fourth-order valence-corrected chi connectivity index (χ4v) is 1.62. The second-order valence-electron chi connectivity index (χ2n) is 4.00. The van der Waals surface area contributed by atoms with Crippen molar-refractivity contribution < 1.29 is 8.42 Å². The Morgan fingerprint density at radius 2 is 1.93 bits per heavy atom. The van der Waals surface area contributed by atoms with Crippen LogP contribution in [0, 0.1) is 0 Å². The highest BCUT2D eigenvalue weighted by molar-refractivity contribution is 7.93. The second-order valence-corrected chi connectivity index (χ2v) is 6.24. The molecule has 0 aromatic carbocycles. The van der Waals surface area contributed by atoms with E-state index in [9.17, 15) is 8.42 Å². The summed E-state index contributed by atoms with van der Waals surface area (Å²) >= 11 is 0.